The molecule has 4 heteroatoms. The molecule has 1 aliphatic rings. The highest BCUT2D eigenvalue weighted by molar-refractivity contribution is 9.09. The van der Waals surface area contributed by atoms with E-state index in [9.17, 15) is 10.2 Å². The molecule has 0 aromatic heterocycles. The van der Waals surface area contributed by atoms with Crippen LogP contribution in [0.25, 0.3) is 0 Å². The van der Waals surface area contributed by atoms with Crippen LogP contribution in [0.4, 0.5) is 0 Å². The number of phenolic OH excluding ortho intramolecular Hbond substituents is 1. The van der Waals surface area contributed by atoms with Gasteiger partial charge in [-0.15, -0.1) is 0 Å². The van der Waals surface area contributed by atoms with Crippen LogP contribution in [0.15, 0.2) is 28.9 Å². The van der Waals surface area contributed by atoms with Crippen molar-refractivity contribution < 1.29 is 10.2 Å². The topological polar surface area (TPSA) is 40.5 Å². The van der Waals surface area contributed by atoms with Gasteiger partial charge in [-0.3, -0.25) is 0 Å². The van der Waals surface area contributed by atoms with E-state index in [1.165, 1.54) is 5.57 Å². The Labute approximate surface area is 149 Å². The van der Waals surface area contributed by atoms with E-state index >= 15 is 0 Å². The minimum Gasteiger partial charge on any atom is -0.507 e. The monoisotopic (exact) mass is 428 g/mol. The number of aliphatic hydroxyl groups is 1. The Morgan fingerprint density at radius 3 is 2.27 bits per heavy atom. The fraction of sp³-hybridized carbons (Fsp3) is 0.444. The summed E-state index contributed by atoms with van der Waals surface area (Å²) in [5.41, 5.74) is 7.12. The summed E-state index contributed by atoms with van der Waals surface area (Å²) in [5.74, 6) is 0.101. The van der Waals surface area contributed by atoms with Crippen molar-refractivity contribution in [2.24, 2.45) is 0 Å². The van der Waals surface area contributed by atoms with Crippen LogP contribution in [0.2, 0.25) is 0 Å². The van der Waals surface area contributed by atoms with Crippen molar-refractivity contribution in [2.75, 3.05) is 5.33 Å². The summed E-state index contributed by atoms with van der Waals surface area (Å²) < 4.78 is 0. The molecule has 0 spiro atoms. The lowest BCUT2D eigenvalue weighted by Gasteiger charge is -2.33. The molecule has 0 radical (unpaired) electrons. The Morgan fingerprint density at radius 1 is 1.09 bits per heavy atom. The summed E-state index contributed by atoms with van der Waals surface area (Å²) in [4.78, 5) is 0. The normalized spacial score (nSPS) is 22.0. The van der Waals surface area contributed by atoms with E-state index in [0.29, 0.717) is 5.75 Å². The smallest absolute Gasteiger partial charge is 0.122 e. The molecule has 1 aromatic carbocycles. The molecule has 1 aliphatic carbocycles. The van der Waals surface area contributed by atoms with Crippen LogP contribution in [0, 0.1) is 13.8 Å². The number of benzene rings is 1. The molecule has 2 nitrogen and oxygen atoms in total. The van der Waals surface area contributed by atoms with Crippen LogP contribution < -0.4 is 0 Å². The van der Waals surface area contributed by atoms with Crippen molar-refractivity contribution in [3.05, 3.63) is 51.1 Å². The predicted molar refractivity (Wildman–Crippen MR) is 99.2 cm³/mol. The minimum atomic E-state index is -0.600. The average Bonchev–Trinajstić information content (AvgIpc) is 2.49. The highest BCUT2D eigenvalue weighted by Crippen LogP contribution is 2.44. The lowest BCUT2D eigenvalue weighted by molar-refractivity contribution is 0.186. The van der Waals surface area contributed by atoms with Crippen LogP contribution in [0.5, 0.6) is 5.75 Å². The zero-order valence-electron chi connectivity index (χ0n) is 13.4. The molecular formula is C18H22Br2O2. The number of alkyl halides is 2. The predicted octanol–water partition coefficient (Wildman–Crippen LogP) is 5.02. The largest absolute Gasteiger partial charge is 0.507 e. The van der Waals surface area contributed by atoms with Gasteiger partial charge in [-0.25, -0.2) is 0 Å². The fourth-order valence-corrected chi connectivity index (χ4v) is 4.40. The highest BCUT2D eigenvalue weighted by Gasteiger charge is 2.33. The molecule has 0 aliphatic heterocycles. The third-order valence-electron chi connectivity index (χ3n) is 4.66. The molecule has 0 saturated heterocycles. The van der Waals surface area contributed by atoms with Gasteiger partial charge in [0.05, 0.1) is 6.10 Å². The van der Waals surface area contributed by atoms with Gasteiger partial charge in [0.1, 0.15) is 5.75 Å². The Kier molecular flexibility index (Phi) is 5.57. The lowest BCUT2D eigenvalue weighted by Crippen LogP contribution is -2.26. The first-order valence-corrected chi connectivity index (χ1v) is 9.57. The number of hydrogen-bond donors (Lipinski definition) is 2. The van der Waals surface area contributed by atoms with Gasteiger partial charge in [-0.05, 0) is 55.5 Å². The van der Waals surface area contributed by atoms with Gasteiger partial charge >= 0.3 is 0 Å². The van der Waals surface area contributed by atoms with Gasteiger partial charge in [0.2, 0.25) is 0 Å². The van der Waals surface area contributed by atoms with Gasteiger partial charge in [-0.2, -0.15) is 0 Å². The first-order chi connectivity index (χ1) is 10.3. The number of rotatable bonds is 3. The molecule has 0 fully saturated rings. The van der Waals surface area contributed by atoms with Gasteiger partial charge < -0.3 is 10.2 Å². The Hall–Kier alpha value is -0.580. The lowest BCUT2D eigenvalue weighted by atomic mass is 9.75. The number of aliphatic hydroxyl groups excluding tert-OH is 1. The Bertz CT molecular complexity index is 660. The number of hydrogen-bond acceptors (Lipinski definition) is 2. The van der Waals surface area contributed by atoms with E-state index in [-0.39, 0.29) is 5.92 Å². The SMILES string of the molecule is CC1=CC(CBr)=C(C)C(c2c(C)c(CBr)cc(C)c2O)[C@H]1O. The molecule has 0 amide bonds. The van der Waals surface area contributed by atoms with Crippen molar-refractivity contribution >= 4 is 31.9 Å². The first-order valence-electron chi connectivity index (χ1n) is 7.33. The van der Waals surface area contributed by atoms with Gasteiger partial charge in [0, 0.05) is 22.1 Å². The molecule has 2 N–H and O–H groups in total. The minimum absolute atomic E-state index is 0.199. The van der Waals surface area contributed by atoms with Crippen molar-refractivity contribution in [2.45, 2.75) is 45.0 Å². The Morgan fingerprint density at radius 2 is 1.73 bits per heavy atom. The average molecular weight is 430 g/mol. The summed E-state index contributed by atoms with van der Waals surface area (Å²) in [7, 11) is 0. The molecule has 1 unspecified atom stereocenters. The van der Waals surface area contributed by atoms with Crippen molar-refractivity contribution in [1.29, 1.82) is 0 Å². The van der Waals surface area contributed by atoms with Crippen molar-refractivity contribution in [3.63, 3.8) is 0 Å². The summed E-state index contributed by atoms with van der Waals surface area (Å²) in [6.07, 6.45) is 1.44. The second-order valence-electron chi connectivity index (χ2n) is 6.03. The zero-order chi connectivity index (χ0) is 16.6. The van der Waals surface area contributed by atoms with Crippen LogP contribution >= 0.6 is 31.9 Å². The van der Waals surface area contributed by atoms with E-state index < -0.39 is 6.10 Å². The summed E-state index contributed by atoms with van der Waals surface area (Å²) in [6.45, 7) is 7.92. The molecule has 0 heterocycles. The molecule has 0 saturated carbocycles. The van der Waals surface area contributed by atoms with Gasteiger partial charge in [0.25, 0.3) is 0 Å². The van der Waals surface area contributed by atoms with E-state index in [1.54, 1.807) is 0 Å². The molecule has 1 aromatic rings. The van der Waals surface area contributed by atoms with Crippen molar-refractivity contribution in [3.8, 4) is 5.75 Å². The van der Waals surface area contributed by atoms with E-state index in [4.69, 9.17) is 0 Å². The molecule has 0 bridgehead atoms. The van der Waals surface area contributed by atoms with Gasteiger partial charge in [0.15, 0.2) is 0 Å². The standard InChI is InChI=1S/C18H22Br2O2/c1-9-5-13(7-19)11(3)15(17(9)21)16-12(4)14(8-20)6-10(2)18(16)22/h5-6,15,17,21-22H,7-8H2,1-4H3/t15?,17-/m0/s1. The van der Waals surface area contributed by atoms with Crippen LogP contribution in [0.1, 0.15) is 42.0 Å². The third kappa shape index (κ3) is 2.93. The van der Waals surface area contributed by atoms with Crippen LogP contribution in [0.3, 0.4) is 0 Å². The molecular weight excluding hydrogens is 408 g/mol. The molecule has 2 atom stereocenters. The third-order valence-corrected chi connectivity index (χ3v) is 5.87. The number of phenols is 1. The maximum absolute atomic E-state index is 10.7. The summed E-state index contributed by atoms with van der Waals surface area (Å²) in [6, 6.07) is 2.01. The van der Waals surface area contributed by atoms with Crippen LogP contribution in [-0.2, 0) is 5.33 Å². The summed E-state index contributed by atoms with van der Waals surface area (Å²) in [5, 5.41) is 22.9. The molecule has 120 valence electrons. The second-order valence-corrected chi connectivity index (χ2v) is 7.15. The summed E-state index contributed by atoms with van der Waals surface area (Å²) >= 11 is 7.04. The van der Waals surface area contributed by atoms with E-state index in [1.807, 2.05) is 39.8 Å². The Balaban J connectivity index is 2.72. The number of aryl methyl sites for hydroxylation is 1. The van der Waals surface area contributed by atoms with Crippen molar-refractivity contribution in [1.82, 2.24) is 0 Å². The number of allylic oxidation sites excluding steroid dienone is 2. The van der Waals surface area contributed by atoms with E-state index in [2.05, 4.69) is 31.9 Å². The van der Waals surface area contributed by atoms with E-state index in [0.717, 1.165) is 44.1 Å². The fourth-order valence-electron chi connectivity index (χ4n) is 3.21. The quantitative estimate of drug-likeness (QED) is 0.662. The second kappa shape index (κ2) is 6.90. The zero-order valence-corrected chi connectivity index (χ0v) is 16.5. The van der Waals surface area contributed by atoms with Crippen LogP contribution in [-0.4, -0.2) is 21.6 Å². The first kappa shape index (κ1) is 17.8. The molecule has 22 heavy (non-hydrogen) atoms. The number of halogens is 2. The number of aromatic hydroxyl groups is 1. The maximum atomic E-state index is 10.7. The highest BCUT2D eigenvalue weighted by atomic mass is 79.9. The van der Waals surface area contributed by atoms with Gasteiger partial charge in [-0.1, -0.05) is 49.6 Å². The maximum Gasteiger partial charge on any atom is 0.122 e. The molecule has 2 rings (SSSR count).